The average Bonchev–Trinajstić information content (AvgIpc) is 2.63. The van der Waals surface area contributed by atoms with Gasteiger partial charge in [0, 0.05) is 0 Å². The molecule has 0 aromatic heterocycles. The number of hydrogen-bond donors (Lipinski definition) is 2. The normalized spacial score (nSPS) is 13.8. The summed E-state index contributed by atoms with van der Waals surface area (Å²) in [5.74, 6) is -0.633. The van der Waals surface area contributed by atoms with Crippen LogP contribution in [0, 0.1) is 6.92 Å². The van der Waals surface area contributed by atoms with Crippen molar-refractivity contribution >= 4 is 16.0 Å². The van der Waals surface area contributed by atoms with Crippen LogP contribution in [0.3, 0.4) is 0 Å². The Kier molecular flexibility index (Phi) is 6.90. The number of aryl methyl sites for hydroxylation is 1. The van der Waals surface area contributed by atoms with Crippen LogP contribution in [0.5, 0.6) is 0 Å². The van der Waals surface area contributed by atoms with Crippen molar-refractivity contribution in [2.75, 3.05) is 13.7 Å². The number of esters is 1. The highest BCUT2D eigenvalue weighted by Crippen LogP contribution is 2.20. The first kappa shape index (κ1) is 20.1. The van der Waals surface area contributed by atoms with Gasteiger partial charge >= 0.3 is 5.97 Å². The molecular weight excluding hydrogens is 352 g/mol. The van der Waals surface area contributed by atoms with E-state index in [-0.39, 0.29) is 11.5 Å². The lowest BCUT2D eigenvalue weighted by atomic mass is 10.0. The van der Waals surface area contributed by atoms with Crippen molar-refractivity contribution in [1.29, 1.82) is 0 Å². The van der Waals surface area contributed by atoms with Crippen LogP contribution in [-0.4, -0.2) is 34.1 Å². The summed E-state index contributed by atoms with van der Waals surface area (Å²) in [5.41, 5.74) is 1.72. The molecule has 0 aliphatic heterocycles. The van der Waals surface area contributed by atoms with Crippen LogP contribution in [0.1, 0.15) is 24.1 Å². The van der Waals surface area contributed by atoms with E-state index in [1.807, 2.05) is 37.3 Å². The molecule has 7 heteroatoms. The Bertz CT molecular complexity index is 820. The van der Waals surface area contributed by atoms with Crippen molar-refractivity contribution < 1.29 is 17.9 Å². The van der Waals surface area contributed by atoms with E-state index in [2.05, 4.69) is 10.0 Å². The van der Waals surface area contributed by atoms with Crippen LogP contribution in [-0.2, 0) is 19.6 Å². The maximum atomic E-state index is 12.8. The van der Waals surface area contributed by atoms with E-state index >= 15 is 0 Å². The third-order valence-electron chi connectivity index (χ3n) is 3.96. The van der Waals surface area contributed by atoms with Gasteiger partial charge in [-0.15, -0.1) is 0 Å². The molecule has 6 nitrogen and oxygen atoms in total. The molecule has 0 aliphatic rings. The van der Waals surface area contributed by atoms with E-state index in [4.69, 9.17) is 4.74 Å². The van der Waals surface area contributed by atoms with E-state index in [0.29, 0.717) is 0 Å². The monoisotopic (exact) mass is 376 g/mol. The van der Waals surface area contributed by atoms with E-state index in [1.54, 1.807) is 26.1 Å². The predicted molar refractivity (Wildman–Crippen MR) is 100 cm³/mol. The molecule has 0 amide bonds. The lowest BCUT2D eigenvalue weighted by Gasteiger charge is -2.26. The van der Waals surface area contributed by atoms with Crippen LogP contribution in [0.4, 0.5) is 0 Å². The summed E-state index contributed by atoms with van der Waals surface area (Å²) >= 11 is 0. The van der Waals surface area contributed by atoms with Crippen molar-refractivity contribution in [3.63, 3.8) is 0 Å². The molecule has 2 aromatic carbocycles. The summed E-state index contributed by atoms with van der Waals surface area (Å²) in [6.45, 7) is 3.71. The van der Waals surface area contributed by atoms with Crippen LogP contribution >= 0.6 is 0 Å². The minimum Gasteiger partial charge on any atom is -0.465 e. The molecule has 0 aliphatic carbocycles. The minimum absolute atomic E-state index is 0.0975. The maximum absolute atomic E-state index is 12.8. The molecule has 2 rings (SSSR count). The lowest BCUT2D eigenvalue weighted by Crippen LogP contribution is -2.49. The highest BCUT2D eigenvalue weighted by molar-refractivity contribution is 7.89. The van der Waals surface area contributed by atoms with E-state index in [0.717, 1.165) is 11.1 Å². The van der Waals surface area contributed by atoms with Gasteiger partial charge < -0.3 is 10.1 Å². The largest absolute Gasteiger partial charge is 0.465 e. The minimum atomic E-state index is -3.89. The molecule has 2 N–H and O–H groups in total. The molecule has 0 bridgehead atoms. The van der Waals surface area contributed by atoms with Crippen molar-refractivity contribution in [2.24, 2.45) is 0 Å². The van der Waals surface area contributed by atoms with Crippen LogP contribution in [0.2, 0.25) is 0 Å². The summed E-state index contributed by atoms with van der Waals surface area (Å²) < 4.78 is 33.1. The molecule has 0 radical (unpaired) electrons. The van der Waals surface area contributed by atoms with Crippen LogP contribution in [0.25, 0.3) is 0 Å². The predicted octanol–water partition coefficient (Wildman–Crippen LogP) is 2.17. The number of ether oxygens (including phenoxy) is 1. The second-order valence-corrected chi connectivity index (χ2v) is 7.56. The molecule has 0 unspecified atom stereocenters. The first-order chi connectivity index (χ1) is 12.4. The summed E-state index contributed by atoms with van der Waals surface area (Å²) in [4.78, 5) is 12.6. The average molecular weight is 376 g/mol. The number of rotatable bonds is 8. The van der Waals surface area contributed by atoms with Gasteiger partial charge in [-0.1, -0.05) is 48.0 Å². The molecular formula is C19H24N2O4S. The Balaban J connectivity index is 2.38. The van der Waals surface area contributed by atoms with Crippen LogP contribution in [0.15, 0.2) is 59.5 Å². The summed E-state index contributed by atoms with van der Waals surface area (Å²) in [7, 11) is -2.22. The fourth-order valence-corrected chi connectivity index (χ4v) is 3.82. The molecule has 2 aromatic rings. The second kappa shape index (κ2) is 8.93. The zero-order valence-electron chi connectivity index (χ0n) is 15.1. The van der Waals surface area contributed by atoms with Crippen LogP contribution < -0.4 is 10.0 Å². The number of sulfonamides is 1. The number of carbonyl (C=O) groups is 1. The number of likely N-dealkylation sites (N-methyl/N-ethyl adjacent to an activating group) is 1. The van der Waals surface area contributed by atoms with E-state index < -0.39 is 28.1 Å². The molecule has 0 saturated carbocycles. The van der Waals surface area contributed by atoms with Crippen molar-refractivity contribution in [1.82, 2.24) is 10.0 Å². The number of benzene rings is 2. The molecule has 0 heterocycles. The number of carbonyl (C=O) groups excluding carboxylic acids is 1. The van der Waals surface area contributed by atoms with Gasteiger partial charge in [0.25, 0.3) is 0 Å². The van der Waals surface area contributed by atoms with E-state index in [9.17, 15) is 13.2 Å². The number of hydrogen-bond acceptors (Lipinski definition) is 5. The Labute approximate surface area is 154 Å². The van der Waals surface area contributed by atoms with Gasteiger partial charge in [0.15, 0.2) is 0 Å². The summed E-state index contributed by atoms with van der Waals surface area (Å²) in [6, 6.07) is 13.9. The quantitative estimate of drug-likeness (QED) is 0.690. The van der Waals surface area contributed by atoms with Crippen molar-refractivity contribution in [3.8, 4) is 0 Å². The molecule has 0 saturated heterocycles. The topological polar surface area (TPSA) is 84.5 Å². The Hall–Kier alpha value is -2.22. The molecule has 26 heavy (non-hydrogen) atoms. The second-order valence-electron chi connectivity index (χ2n) is 5.84. The first-order valence-electron chi connectivity index (χ1n) is 8.37. The van der Waals surface area contributed by atoms with Gasteiger partial charge in [-0.3, -0.25) is 4.79 Å². The van der Waals surface area contributed by atoms with Gasteiger partial charge in [-0.2, -0.15) is 4.72 Å². The Morgan fingerprint density at radius 3 is 2.23 bits per heavy atom. The zero-order valence-corrected chi connectivity index (χ0v) is 15.9. The molecule has 0 fully saturated rings. The fourth-order valence-electron chi connectivity index (χ4n) is 2.62. The van der Waals surface area contributed by atoms with Crippen molar-refractivity contribution in [3.05, 3.63) is 65.7 Å². The van der Waals surface area contributed by atoms with Gasteiger partial charge in [0.1, 0.15) is 6.04 Å². The maximum Gasteiger partial charge on any atom is 0.326 e. The third kappa shape index (κ3) is 4.91. The van der Waals surface area contributed by atoms with Gasteiger partial charge in [-0.25, -0.2) is 8.42 Å². The SMILES string of the molecule is CCOC(=O)[C@@H](NS(=O)(=O)c1ccc(C)cc1)[C@@H](NC)c1ccccc1. The smallest absolute Gasteiger partial charge is 0.326 e. The third-order valence-corrected chi connectivity index (χ3v) is 5.41. The lowest BCUT2D eigenvalue weighted by molar-refractivity contribution is -0.146. The Morgan fingerprint density at radius 1 is 1.08 bits per heavy atom. The zero-order chi connectivity index (χ0) is 19.2. The van der Waals surface area contributed by atoms with E-state index in [1.165, 1.54) is 12.1 Å². The summed E-state index contributed by atoms with van der Waals surface area (Å²) in [5, 5.41) is 3.01. The highest BCUT2D eigenvalue weighted by atomic mass is 32.2. The molecule has 0 spiro atoms. The van der Waals surface area contributed by atoms with Gasteiger partial charge in [-0.05, 0) is 38.6 Å². The molecule has 2 atom stereocenters. The van der Waals surface area contributed by atoms with Gasteiger partial charge in [0.05, 0.1) is 17.5 Å². The number of nitrogens with one attached hydrogen (secondary N) is 2. The first-order valence-corrected chi connectivity index (χ1v) is 9.85. The fraction of sp³-hybridized carbons (Fsp3) is 0.316. The Morgan fingerprint density at radius 2 is 1.69 bits per heavy atom. The molecule has 140 valence electrons. The summed E-state index contributed by atoms with van der Waals surface area (Å²) in [6.07, 6.45) is 0. The highest BCUT2D eigenvalue weighted by Gasteiger charge is 2.34. The van der Waals surface area contributed by atoms with Crippen molar-refractivity contribution in [2.45, 2.75) is 30.8 Å². The standard InChI is InChI=1S/C19H24N2O4S/c1-4-25-19(22)18(17(20-3)15-8-6-5-7-9-15)21-26(23,24)16-12-10-14(2)11-13-16/h5-13,17-18,20-21H,4H2,1-3H3/t17-,18-/m0/s1. The van der Waals surface area contributed by atoms with Gasteiger partial charge in [0.2, 0.25) is 10.0 Å².